The molecule has 2 heterocycles. The average Bonchev–Trinajstić information content (AvgIpc) is 3.14. The number of rotatable bonds is 5. The highest BCUT2D eigenvalue weighted by molar-refractivity contribution is 5.96. The summed E-state index contributed by atoms with van der Waals surface area (Å²) >= 11 is 0. The lowest BCUT2D eigenvalue weighted by Gasteiger charge is -2.08. The van der Waals surface area contributed by atoms with Crippen LogP contribution in [0.3, 0.4) is 0 Å². The number of hydrogen-bond donors (Lipinski definition) is 1. The quantitative estimate of drug-likeness (QED) is 0.594. The molecule has 0 unspecified atom stereocenters. The van der Waals surface area contributed by atoms with Crippen LogP contribution in [-0.2, 0) is 6.54 Å². The fraction of sp³-hybridized carbons (Fsp3) is 0.0952. The van der Waals surface area contributed by atoms with Gasteiger partial charge in [0, 0.05) is 23.6 Å². The van der Waals surface area contributed by atoms with Gasteiger partial charge >= 0.3 is 0 Å². The number of benzene rings is 2. The fourth-order valence-electron chi connectivity index (χ4n) is 2.83. The van der Waals surface area contributed by atoms with E-state index in [4.69, 9.17) is 4.42 Å². The van der Waals surface area contributed by atoms with Crippen molar-refractivity contribution in [2.75, 3.05) is 6.54 Å². The molecule has 0 bridgehead atoms. The Kier molecular flexibility index (Phi) is 4.53. The summed E-state index contributed by atoms with van der Waals surface area (Å²) in [7, 11) is 0. The molecule has 0 radical (unpaired) electrons. The minimum atomic E-state index is -0.321. The van der Waals surface area contributed by atoms with E-state index in [1.54, 1.807) is 12.1 Å². The Bertz CT molecular complexity index is 1110. The van der Waals surface area contributed by atoms with Gasteiger partial charge in [0.1, 0.15) is 5.58 Å². The van der Waals surface area contributed by atoms with Gasteiger partial charge in [-0.3, -0.25) is 9.59 Å². The molecule has 6 nitrogen and oxygen atoms in total. The molecule has 0 aliphatic rings. The van der Waals surface area contributed by atoms with E-state index in [9.17, 15) is 9.59 Å². The Labute approximate surface area is 155 Å². The van der Waals surface area contributed by atoms with Crippen molar-refractivity contribution in [1.82, 2.24) is 15.1 Å². The molecule has 0 atom stereocenters. The van der Waals surface area contributed by atoms with Crippen LogP contribution in [0.5, 0.6) is 0 Å². The first-order valence-corrected chi connectivity index (χ1v) is 8.61. The number of carbonyl (C=O) groups is 1. The third-order valence-corrected chi connectivity index (χ3v) is 4.19. The predicted molar refractivity (Wildman–Crippen MR) is 102 cm³/mol. The second-order valence-electron chi connectivity index (χ2n) is 6.05. The normalized spacial score (nSPS) is 10.8. The zero-order chi connectivity index (χ0) is 18.6. The Balaban J connectivity index is 1.44. The van der Waals surface area contributed by atoms with Gasteiger partial charge in [0.05, 0.1) is 12.2 Å². The minimum absolute atomic E-state index is 0.215. The number of fused-ring (bicyclic) bond motifs is 1. The number of nitrogens with zero attached hydrogens (tertiary/aromatic N) is 2. The van der Waals surface area contributed by atoms with Crippen LogP contribution in [0.4, 0.5) is 0 Å². The zero-order valence-corrected chi connectivity index (χ0v) is 14.5. The zero-order valence-electron chi connectivity index (χ0n) is 14.5. The molecule has 6 heteroatoms. The standard InChI is InChI=1S/C21H17N3O3/c25-20-11-10-17(15-6-2-1-3-7-15)23-24(20)13-12-22-21(26)19-14-16-8-4-5-9-18(16)27-19/h1-11,14H,12-13H2,(H,22,26). The summed E-state index contributed by atoms with van der Waals surface area (Å²) in [6, 6.07) is 21.9. The maximum absolute atomic E-state index is 12.3. The monoisotopic (exact) mass is 359 g/mol. The van der Waals surface area contributed by atoms with Crippen LogP contribution in [0.1, 0.15) is 10.6 Å². The smallest absolute Gasteiger partial charge is 0.287 e. The number of furan rings is 1. The van der Waals surface area contributed by atoms with Crippen molar-refractivity contribution in [2.24, 2.45) is 0 Å². The molecule has 0 aliphatic carbocycles. The van der Waals surface area contributed by atoms with Crippen LogP contribution >= 0.6 is 0 Å². The maximum atomic E-state index is 12.3. The predicted octanol–water partition coefficient (Wildman–Crippen LogP) is 3.09. The second kappa shape index (κ2) is 7.29. The van der Waals surface area contributed by atoms with Crippen molar-refractivity contribution in [2.45, 2.75) is 6.54 Å². The largest absolute Gasteiger partial charge is 0.451 e. The number of hydrogen-bond acceptors (Lipinski definition) is 4. The van der Waals surface area contributed by atoms with Crippen molar-refractivity contribution < 1.29 is 9.21 Å². The lowest BCUT2D eigenvalue weighted by Crippen LogP contribution is -2.31. The van der Waals surface area contributed by atoms with E-state index in [0.717, 1.165) is 10.9 Å². The first-order valence-electron chi connectivity index (χ1n) is 8.61. The van der Waals surface area contributed by atoms with Gasteiger partial charge < -0.3 is 9.73 Å². The molecular formula is C21H17N3O3. The topological polar surface area (TPSA) is 77.1 Å². The number of amides is 1. The van der Waals surface area contributed by atoms with Gasteiger partial charge in [-0.15, -0.1) is 0 Å². The van der Waals surface area contributed by atoms with Crippen LogP contribution in [-0.4, -0.2) is 22.2 Å². The van der Waals surface area contributed by atoms with E-state index in [-0.39, 0.29) is 30.3 Å². The van der Waals surface area contributed by atoms with Gasteiger partial charge in [0.2, 0.25) is 0 Å². The molecule has 0 saturated carbocycles. The molecule has 0 fully saturated rings. The molecule has 2 aromatic carbocycles. The van der Waals surface area contributed by atoms with Crippen LogP contribution in [0.2, 0.25) is 0 Å². The molecule has 134 valence electrons. The average molecular weight is 359 g/mol. The molecule has 0 saturated heterocycles. The van der Waals surface area contributed by atoms with Gasteiger partial charge in [0.15, 0.2) is 5.76 Å². The lowest BCUT2D eigenvalue weighted by molar-refractivity contribution is 0.0926. The fourth-order valence-corrected chi connectivity index (χ4v) is 2.83. The molecule has 4 aromatic rings. The third-order valence-electron chi connectivity index (χ3n) is 4.19. The summed E-state index contributed by atoms with van der Waals surface area (Å²) in [6.45, 7) is 0.534. The number of aromatic nitrogens is 2. The highest BCUT2D eigenvalue weighted by Gasteiger charge is 2.11. The number of para-hydroxylation sites is 1. The molecule has 27 heavy (non-hydrogen) atoms. The Morgan fingerprint density at radius 1 is 1.00 bits per heavy atom. The highest BCUT2D eigenvalue weighted by atomic mass is 16.3. The van der Waals surface area contributed by atoms with Crippen molar-refractivity contribution >= 4 is 16.9 Å². The van der Waals surface area contributed by atoms with Crippen LogP contribution in [0, 0.1) is 0 Å². The molecule has 0 aliphatic heterocycles. The summed E-state index contributed by atoms with van der Waals surface area (Å²) in [5.41, 5.74) is 2.08. The summed E-state index contributed by atoms with van der Waals surface area (Å²) < 4.78 is 6.89. The van der Waals surface area contributed by atoms with Gasteiger partial charge in [-0.05, 0) is 18.2 Å². The van der Waals surface area contributed by atoms with E-state index in [1.165, 1.54) is 10.7 Å². The third kappa shape index (κ3) is 3.64. The lowest BCUT2D eigenvalue weighted by atomic mass is 10.1. The summed E-state index contributed by atoms with van der Waals surface area (Å²) in [5.74, 6) is -0.0759. The maximum Gasteiger partial charge on any atom is 0.287 e. The number of nitrogens with one attached hydrogen (secondary N) is 1. The molecule has 1 N–H and O–H groups in total. The Hall–Kier alpha value is -3.67. The van der Waals surface area contributed by atoms with Gasteiger partial charge in [-0.1, -0.05) is 48.5 Å². The van der Waals surface area contributed by atoms with Crippen LogP contribution in [0.15, 0.2) is 82.0 Å². The van der Waals surface area contributed by atoms with Crippen molar-refractivity contribution in [1.29, 1.82) is 0 Å². The summed E-state index contributed by atoms with van der Waals surface area (Å²) in [5, 5.41) is 8.01. The first kappa shape index (κ1) is 16.8. The molecule has 4 rings (SSSR count). The molecular weight excluding hydrogens is 342 g/mol. The van der Waals surface area contributed by atoms with Gasteiger partial charge in [-0.2, -0.15) is 5.10 Å². The van der Waals surface area contributed by atoms with E-state index in [2.05, 4.69) is 10.4 Å². The first-order chi connectivity index (χ1) is 13.2. The van der Waals surface area contributed by atoms with Crippen LogP contribution < -0.4 is 10.9 Å². The van der Waals surface area contributed by atoms with E-state index < -0.39 is 0 Å². The van der Waals surface area contributed by atoms with Crippen LogP contribution in [0.25, 0.3) is 22.2 Å². The SMILES string of the molecule is O=C(NCCn1nc(-c2ccccc2)ccc1=O)c1cc2ccccc2o1. The van der Waals surface area contributed by atoms with Gasteiger partial charge in [0.25, 0.3) is 11.5 Å². The van der Waals surface area contributed by atoms with Gasteiger partial charge in [-0.25, -0.2) is 4.68 Å². The Morgan fingerprint density at radius 3 is 2.59 bits per heavy atom. The molecule has 2 aromatic heterocycles. The van der Waals surface area contributed by atoms with E-state index in [0.29, 0.717) is 11.3 Å². The Morgan fingerprint density at radius 2 is 1.78 bits per heavy atom. The number of carbonyl (C=O) groups excluding carboxylic acids is 1. The van der Waals surface area contributed by atoms with E-state index in [1.807, 2.05) is 54.6 Å². The summed E-state index contributed by atoms with van der Waals surface area (Å²) in [4.78, 5) is 24.3. The molecule has 1 amide bonds. The van der Waals surface area contributed by atoms with Crippen molar-refractivity contribution in [3.63, 3.8) is 0 Å². The minimum Gasteiger partial charge on any atom is -0.451 e. The van der Waals surface area contributed by atoms with Crippen molar-refractivity contribution in [3.05, 3.63) is 88.9 Å². The van der Waals surface area contributed by atoms with E-state index >= 15 is 0 Å². The highest BCUT2D eigenvalue weighted by Crippen LogP contribution is 2.18. The van der Waals surface area contributed by atoms with Crippen molar-refractivity contribution in [3.8, 4) is 11.3 Å². The second-order valence-corrected chi connectivity index (χ2v) is 6.05. The summed E-state index contributed by atoms with van der Waals surface area (Å²) in [6.07, 6.45) is 0. The molecule has 0 spiro atoms.